The molecule has 0 unspecified atom stereocenters. The summed E-state index contributed by atoms with van der Waals surface area (Å²) >= 11 is 1.83. The second kappa shape index (κ2) is 19.0. The van der Waals surface area contributed by atoms with Crippen LogP contribution in [0.3, 0.4) is 0 Å². The van der Waals surface area contributed by atoms with Gasteiger partial charge >= 0.3 is 0 Å². The number of thioether (sulfide) groups is 1. The number of carbonyl (C=O) groups is 2. The van der Waals surface area contributed by atoms with E-state index in [1.165, 1.54) is 51.4 Å². The number of nitrogens with one attached hydrogen (secondary N) is 1. The Morgan fingerprint density at radius 2 is 1.38 bits per heavy atom. The van der Waals surface area contributed by atoms with Crippen LogP contribution in [0.4, 0.5) is 0 Å². The van der Waals surface area contributed by atoms with Gasteiger partial charge in [-0.3, -0.25) is 9.59 Å². The molecular weight excluding hydrogens is 346 g/mol. The lowest BCUT2D eigenvalue weighted by molar-refractivity contribution is -0.121. The quantitative estimate of drug-likeness (QED) is 0.332. The van der Waals surface area contributed by atoms with E-state index in [0.717, 1.165) is 37.4 Å². The fourth-order valence-electron chi connectivity index (χ4n) is 2.71. The van der Waals surface area contributed by atoms with E-state index in [1.54, 1.807) is 0 Å². The zero-order valence-electron chi connectivity index (χ0n) is 17.1. The lowest BCUT2D eigenvalue weighted by atomic mass is 10.1. The van der Waals surface area contributed by atoms with Gasteiger partial charge in [0.2, 0.25) is 11.8 Å². The minimum Gasteiger partial charge on any atom is -0.370 e. The Bertz CT molecular complexity index is 352. The Balaban J connectivity index is 3.15. The van der Waals surface area contributed by atoms with Gasteiger partial charge in [0, 0.05) is 25.1 Å². The van der Waals surface area contributed by atoms with Crippen molar-refractivity contribution < 1.29 is 9.59 Å². The number of nitrogens with two attached hydrogens (primary N) is 1. The van der Waals surface area contributed by atoms with Crippen molar-refractivity contribution in [2.45, 2.75) is 77.0 Å². The maximum Gasteiger partial charge on any atom is 0.219 e. The van der Waals surface area contributed by atoms with Gasteiger partial charge < -0.3 is 16.0 Å². The van der Waals surface area contributed by atoms with E-state index in [4.69, 9.17) is 5.73 Å². The Kier molecular flexibility index (Phi) is 18.5. The molecule has 154 valence electrons. The van der Waals surface area contributed by atoms with Crippen molar-refractivity contribution in [3.8, 4) is 0 Å². The average molecular weight is 388 g/mol. The molecule has 0 aromatic rings. The molecule has 0 rings (SSSR count). The lowest BCUT2D eigenvalue weighted by Gasteiger charge is -2.09. The molecule has 6 heteroatoms. The van der Waals surface area contributed by atoms with Crippen LogP contribution in [-0.2, 0) is 9.59 Å². The fraction of sp³-hybridized carbons (Fsp3) is 0.900. The number of hydrogen-bond donors (Lipinski definition) is 2. The maximum absolute atomic E-state index is 11.7. The van der Waals surface area contributed by atoms with Gasteiger partial charge in [-0.1, -0.05) is 44.9 Å². The van der Waals surface area contributed by atoms with E-state index in [0.29, 0.717) is 12.8 Å². The van der Waals surface area contributed by atoms with Crippen molar-refractivity contribution in [2.24, 2.45) is 5.73 Å². The van der Waals surface area contributed by atoms with Gasteiger partial charge in [-0.25, -0.2) is 0 Å². The molecule has 0 aliphatic heterocycles. The normalized spacial score (nSPS) is 11.0. The standard InChI is InChI=1S/C20H41N3O2S/c1-23(2)16-12-15-22-20(25)13-10-8-6-4-3-5-7-9-11-17-26-18-14-19(21)24/h3-18H2,1-2H3,(H2,21,24)(H,22,25). The second-order valence-corrected chi connectivity index (χ2v) is 8.49. The first-order valence-corrected chi connectivity index (χ1v) is 11.5. The van der Waals surface area contributed by atoms with E-state index in [1.807, 2.05) is 11.8 Å². The van der Waals surface area contributed by atoms with Crippen LogP contribution in [0.15, 0.2) is 0 Å². The molecule has 0 aromatic heterocycles. The molecule has 0 fully saturated rings. The molecule has 0 spiro atoms. The molecule has 0 radical (unpaired) electrons. The van der Waals surface area contributed by atoms with Crippen molar-refractivity contribution in [1.82, 2.24) is 10.2 Å². The molecule has 5 nitrogen and oxygen atoms in total. The molecule has 0 heterocycles. The number of amides is 2. The van der Waals surface area contributed by atoms with Gasteiger partial charge in [0.25, 0.3) is 0 Å². The molecule has 2 amide bonds. The van der Waals surface area contributed by atoms with Gasteiger partial charge in [-0.05, 0) is 45.7 Å². The molecule has 0 aliphatic carbocycles. The van der Waals surface area contributed by atoms with Crippen LogP contribution in [0.25, 0.3) is 0 Å². The van der Waals surface area contributed by atoms with Gasteiger partial charge in [-0.15, -0.1) is 0 Å². The third-order valence-electron chi connectivity index (χ3n) is 4.29. The minimum absolute atomic E-state index is 0.196. The summed E-state index contributed by atoms with van der Waals surface area (Å²) in [6, 6.07) is 0. The van der Waals surface area contributed by atoms with Crippen LogP contribution >= 0.6 is 11.8 Å². The van der Waals surface area contributed by atoms with Gasteiger partial charge in [-0.2, -0.15) is 11.8 Å². The van der Waals surface area contributed by atoms with Crippen molar-refractivity contribution >= 4 is 23.6 Å². The minimum atomic E-state index is -0.196. The topological polar surface area (TPSA) is 75.4 Å². The molecule has 0 aliphatic rings. The van der Waals surface area contributed by atoms with Crippen LogP contribution in [0, 0.1) is 0 Å². The highest BCUT2D eigenvalue weighted by atomic mass is 32.2. The molecule has 0 aromatic carbocycles. The Labute approximate surface area is 165 Å². The van der Waals surface area contributed by atoms with Gasteiger partial charge in [0.1, 0.15) is 0 Å². The predicted octanol–water partition coefficient (Wildman–Crippen LogP) is 3.56. The van der Waals surface area contributed by atoms with E-state index < -0.39 is 0 Å². The maximum atomic E-state index is 11.7. The number of rotatable bonds is 19. The summed E-state index contributed by atoms with van der Waals surface area (Å²) in [7, 11) is 4.10. The highest BCUT2D eigenvalue weighted by Gasteiger charge is 2.01. The fourth-order valence-corrected chi connectivity index (χ4v) is 3.67. The van der Waals surface area contributed by atoms with Crippen molar-refractivity contribution in [2.75, 3.05) is 38.7 Å². The number of carbonyl (C=O) groups excluding carboxylic acids is 2. The van der Waals surface area contributed by atoms with Crippen LogP contribution in [0.2, 0.25) is 0 Å². The first-order chi connectivity index (χ1) is 12.5. The summed E-state index contributed by atoms with van der Waals surface area (Å²) in [6.07, 6.45) is 13.4. The third kappa shape index (κ3) is 21.3. The van der Waals surface area contributed by atoms with Crippen molar-refractivity contribution in [1.29, 1.82) is 0 Å². The van der Waals surface area contributed by atoms with E-state index >= 15 is 0 Å². The highest BCUT2D eigenvalue weighted by molar-refractivity contribution is 7.99. The average Bonchev–Trinajstić information content (AvgIpc) is 2.58. The van der Waals surface area contributed by atoms with Gasteiger partial charge in [0.05, 0.1) is 0 Å². The van der Waals surface area contributed by atoms with Crippen LogP contribution in [-0.4, -0.2) is 55.4 Å². The monoisotopic (exact) mass is 387 g/mol. The summed E-state index contributed by atoms with van der Waals surface area (Å²) in [4.78, 5) is 24.4. The number of hydrogen-bond acceptors (Lipinski definition) is 4. The predicted molar refractivity (Wildman–Crippen MR) is 113 cm³/mol. The molecule has 26 heavy (non-hydrogen) atoms. The largest absolute Gasteiger partial charge is 0.370 e. The number of nitrogens with zero attached hydrogens (tertiary/aromatic N) is 1. The van der Waals surface area contributed by atoms with Gasteiger partial charge in [0.15, 0.2) is 0 Å². The first kappa shape index (κ1) is 25.2. The molecule has 0 atom stereocenters. The Hall–Kier alpha value is -0.750. The van der Waals surface area contributed by atoms with Crippen LogP contribution in [0.5, 0.6) is 0 Å². The van der Waals surface area contributed by atoms with Crippen molar-refractivity contribution in [3.05, 3.63) is 0 Å². The highest BCUT2D eigenvalue weighted by Crippen LogP contribution is 2.12. The lowest BCUT2D eigenvalue weighted by Crippen LogP contribution is -2.26. The summed E-state index contributed by atoms with van der Waals surface area (Å²) in [6.45, 7) is 1.81. The smallest absolute Gasteiger partial charge is 0.219 e. The molecular formula is C20H41N3O2S. The summed E-state index contributed by atoms with van der Waals surface area (Å²) in [5, 5.41) is 3.00. The van der Waals surface area contributed by atoms with Crippen LogP contribution < -0.4 is 11.1 Å². The van der Waals surface area contributed by atoms with Crippen molar-refractivity contribution in [3.63, 3.8) is 0 Å². The molecule has 0 saturated carbocycles. The van der Waals surface area contributed by atoms with E-state index in [2.05, 4.69) is 24.3 Å². The SMILES string of the molecule is CN(C)CCCNC(=O)CCCCCCCCCCCSCCC(N)=O. The Morgan fingerprint density at radius 3 is 1.96 bits per heavy atom. The van der Waals surface area contributed by atoms with E-state index in [-0.39, 0.29) is 11.8 Å². The molecule has 0 bridgehead atoms. The molecule has 0 saturated heterocycles. The van der Waals surface area contributed by atoms with Crippen LogP contribution in [0.1, 0.15) is 77.0 Å². The summed E-state index contributed by atoms with van der Waals surface area (Å²) < 4.78 is 0. The number of unbranched alkanes of at least 4 members (excludes halogenated alkanes) is 8. The third-order valence-corrected chi connectivity index (χ3v) is 5.36. The summed E-state index contributed by atoms with van der Waals surface area (Å²) in [5.74, 6) is 2.02. The Morgan fingerprint density at radius 1 is 0.808 bits per heavy atom. The zero-order chi connectivity index (χ0) is 19.5. The number of primary amides is 1. The second-order valence-electron chi connectivity index (χ2n) is 7.27. The summed E-state index contributed by atoms with van der Waals surface area (Å²) in [5.41, 5.74) is 5.11. The van der Waals surface area contributed by atoms with E-state index in [9.17, 15) is 9.59 Å². The first-order valence-electron chi connectivity index (χ1n) is 10.3. The molecule has 3 N–H and O–H groups in total. The zero-order valence-corrected chi connectivity index (χ0v) is 17.9.